The highest BCUT2D eigenvalue weighted by Crippen LogP contribution is 2.35. The number of methoxy groups -OCH3 is 12. The quantitative estimate of drug-likeness (QED) is 0.142. The zero-order valence-electron chi connectivity index (χ0n) is 29.4. The summed E-state index contributed by atoms with van der Waals surface area (Å²) in [5.41, 5.74) is 0. The first-order valence-corrected chi connectivity index (χ1v) is 15.1. The van der Waals surface area contributed by atoms with Crippen LogP contribution in [0, 0.1) is 0 Å². The van der Waals surface area contributed by atoms with Crippen LogP contribution < -0.4 is 0 Å². The molecule has 16 nitrogen and oxygen atoms in total. The van der Waals surface area contributed by atoms with Crippen LogP contribution in [0.1, 0.15) is 0 Å². The summed E-state index contributed by atoms with van der Waals surface area (Å²) in [6.45, 7) is 0.788. The van der Waals surface area contributed by atoms with E-state index in [1.54, 1.807) is 78.2 Å². The van der Waals surface area contributed by atoms with Gasteiger partial charge >= 0.3 is 0 Å². The standard InChI is InChI=1S/C30H58O16/c1-31-13-17(35-5)21(37-7)24(18(36-6)14-32-2)45-30-28(42-12)26(23(39-9)20(44-30)16-34-4)46-29-27(41-11)25(40-10)22(38-8)19(43-29)15-33-3/h17-30H,13-16H2,1-12H3/t17-,18+,19+,20+,21+,22-,23-,24+,25-,26-,27+,28+,29-,30-/m0/s1. The summed E-state index contributed by atoms with van der Waals surface area (Å²) in [6, 6.07) is 0. The Bertz CT molecular complexity index is 781. The summed E-state index contributed by atoms with van der Waals surface area (Å²) in [5, 5.41) is 0. The van der Waals surface area contributed by atoms with Crippen molar-refractivity contribution in [3.63, 3.8) is 0 Å². The van der Waals surface area contributed by atoms with E-state index in [2.05, 4.69) is 0 Å². The molecule has 0 radical (unpaired) electrons. The number of hydrogen-bond acceptors (Lipinski definition) is 16. The molecule has 0 bridgehead atoms. The van der Waals surface area contributed by atoms with Crippen LogP contribution in [-0.4, -0.2) is 198 Å². The van der Waals surface area contributed by atoms with Crippen molar-refractivity contribution in [2.24, 2.45) is 0 Å². The molecule has 2 saturated heterocycles. The molecule has 0 aromatic carbocycles. The van der Waals surface area contributed by atoms with Crippen LogP contribution in [0.2, 0.25) is 0 Å². The highest BCUT2D eigenvalue weighted by Gasteiger charge is 2.54. The van der Waals surface area contributed by atoms with E-state index in [1.165, 1.54) is 7.11 Å². The molecule has 2 aliphatic rings. The van der Waals surface area contributed by atoms with Crippen molar-refractivity contribution in [1.82, 2.24) is 0 Å². The lowest BCUT2D eigenvalue weighted by Gasteiger charge is -2.50. The van der Waals surface area contributed by atoms with Gasteiger partial charge in [0.1, 0.15) is 73.2 Å². The maximum atomic E-state index is 6.73. The highest BCUT2D eigenvalue weighted by atomic mass is 16.8. The van der Waals surface area contributed by atoms with Crippen LogP contribution in [0.5, 0.6) is 0 Å². The Hall–Kier alpha value is -0.640. The summed E-state index contributed by atoms with van der Waals surface area (Å²) < 4.78 is 95.0. The van der Waals surface area contributed by atoms with Crippen molar-refractivity contribution in [1.29, 1.82) is 0 Å². The van der Waals surface area contributed by atoms with Crippen molar-refractivity contribution in [3.05, 3.63) is 0 Å². The molecule has 0 saturated carbocycles. The number of ether oxygens (including phenoxy) is 16. The van der Waals surface area contributed by atoms with E-state index in [1.807, 2.05) is 0 Å². The van der Waals surface area contributed by atoms with Gasteiger partial charge in [-0.15, -0.1) is 0 Å². The molecule has 14 atom stereocenters. The fraction of sp³-hybridized carbons (Fsp3) is 1.00. The average Bonchev–Trinajstić information content (AvgIpc) is 3.06. The third-order valence-corrected chi connectivity index (χ3v) is 8.38. The Morgan fingerprint density at radius 1 is 0.435 bits per heavy atom. The van der Waals surface area contributed by atoms with Gasteiger partial charge in [0.05, 0.1) is 26.4 Å². The molecule has 2 fully saturated rings. The Kier molecular flexibility index (Phi) is 20.0. The van der Waals surface area contributed by atoms with Crippen molar-refractivity contribution >= 4 is 0 Å². The fourth-order valence-corrected chi connectivity index (χ4v) is 6.17. The molecule has 16 heteroatoms. The fourth-order valence-electron chi connectivity index (χ4n) is 6.17. The van der Waals surface area contributed by atoms with Gasteiger partial charge in [0.2, 0.25) is 0 Å². The maximum Gasteiger partial charge on any atom is 0.187 e. The van der Waals surface area contributed by atoms with Gasteiger partial charge in [0.15, 0.2) is 12.6 Å². The van der Waals surface area contributed by atoms with E-state index in [0.29, 0.717) is 0 Å². The molecule has 2 rings (SSSR count). The first-order chi connectivity index (χ1) is 22.3. The largest absolute Gasteiger partial charge is 0.382 e. The molecule has 46 heavy (non-hydrogen) atoms. The van der Waals surface area contributed by atoms with Crippen LogP contribution in [0.4, 0.5) is 0 Å². The third kappa shape index (κ3) is 10.2. The van der Waals surface area contributed by atoms with Gasteiger partial charge in [-0.05, 0) is 0 Å². The van der Waals surface area contributed by atoms with Crippen LogP contribution >= 0.6 is 0 Å². The van der Waals surface area contributed by atoms with Gasteiger partial charge in [-0.3, -0.25) is 0 Å². The first kappa shape index (κ1) is 41.5. The molecule has 0 spiro atoms. The lowest BCUT2D eigenvalue weighted by molar-refractivity contribution is -0.377. The van der Waals surface area contributed by atoms with Crippen molar-refractivity contribution in [2.75, 3.05) is 112 Å². The molecule has 0 aromatic rings. The topological polar surface area (TPSA) is 148 Å². The molecule has 2 heterocycles. The zero-order chi connectivity index (χ0) is 34.2. The molecule has 0 unspecified atom stereocenters. The Balaban J connectivity index is 2.56. The van der Waals surface area contributed by atoms with E-state index in [0.717, 1.165) is 0 Å². The van der Waals surface area contributed by atoms with Crippen LogP contribution in [-0.2, 0) is 75.8 Å². The minimum absolute atomic E-state index is 0.154. The highest BCUT2D eigenvalue weighted by molar-refractivity contribution is 4.98. The van der Waals surface area contributed by atoms with Gasteiger partial charge in [-0.2, -0.15) is 0 Å². The molecule has 0 aliphatic carbocycles. The van der Waals surface area contributed by atoms with E-state index >= 15 is 0 Å². The Morgan fingerprint density at radius 2 is 0.870 bits per heavy atom. The molecular formula is C30H58O16. The minimum Gasteiger partial charge on any atom is -0.382 e. The normalized spacial score (nSPS) is 34.7. The number of hydrogen-bond donors (Lipinski definition) is 0. The second-order valence-electron chi connectivity index (χ2n) is 10.9. The smallest absolute Gasteiger partial charge is 0.187 e. The minimum atomic E-state index is -1.04. The molecular weight excluding hydrogens is 616 g/mol. The van der Waals surface area contributed by atoms with Crippen molar-refractivity contribution < 1.29 is 75.8 Å². The maximum absolute atomic E-state index is 6.73. The van der Waals surface area contributed by atoms with Gasteiger partial charge in [-0.25, -0.2) is 0 Å². The molecule has 274 valence electrons. The average molecular weight is 675 g/mol. The lowest BCUT2D eigenvalue weighted by Crippen LogP contribution is -2.67. The van der Waals surface area contributed by atoms with Gasteiger partial charge < -0.3 is 75.8 Å². The first-order valence-electron chi connectivity index (χ1n) is 15.1. The predicted molar refractivity (Wildman–Crippen MR) is 161 cm³/mol. The Labute approximate surface area is 273 Å². The predicted octanol–water partition coefficient (Wildman–Crippen LogP) is -0.0878. The third-order valence-electron chi connectivity index (χ3n) is 8.38. The monoisotopic (exact) mass is 674 g/mol. The molecule has 0 N–H and O–H groups in total. The SMILES string of the molecule is COC[C@H](OC)[C@@H](OC)[C@H](O[C@@H]1O[C@H](COC)[C@H](OC)[C@H](O[C@@H]2O[C@H](COC)[C@H](OC)[C@H](OC)[C@H]2OC)[C@H]1OC)[C@@H](COC)OC. The van der Waals surface area contributed by atoms with Crippen LogP contribution in [0.15, 0.2) is 0 Å². The van der Waals surface area contributed by atoms with E-state index in [9.17, 15) is 0 Å². The molecule has 0 amide bonds. The zero-order valence-corrected chi connectivity index (χ0v) is 29.4. The second kappa shape index (κ2) is 22.2. The summed E-state index contributed by atoms with van der Waals surface area (Å²) in [7, 11) is 18.8. The Morgan fingerprint density at radius 3 is 1.28 bits per heavy atom. The van der Waals surface area contributed by atoms with E-state index in [-0.39, 0.29) is 26.4 Å². The van der Waals surface area contributed by atoms with E-state index in [4.69, 9.17) is 75.8 Å². The second-order valence-corrected chi connectivity index (χ2v) is 10.9. The molecule has 0 aromatic heterocycles. The van der Waals surface area contributed by atoms with Gasteiger partial charge in [0, 0.05) is 85.3 Å². The number of rotatable bonds is 23. The lowest BCUT2D eigenvalue weighted by atomic mass is 9.96. The van der Waals surface area contributed by atoms with E-state index < -0.39 is 85.8 Å². The van der Waals surface area contributed by atoms with Crippen molar-refractivity contribution in [3.8, 4) is 0 Å². The van der Waals surface area contributed by atoms with Crippen LogP contribution in [0.3, 0.4) is 0 Å². The van der Waals surface area contributed by atoms with Gasteiger partial charge in [0.25, 0.3) is 0 Å². The van der Waals surface area contributed by atoms with Crippen LogP contribution in [0.25, 0.3) is 0 Å². The van der Waals surface area contributed by atoms with Gasteiger partial charge in [-0.1, -0.05) is 0 Å². The van der Waals surface area contributed by atoms with Crippen molar-refractivity contribution in [2.45, 2.75) is 85.8 Å². The summed E-state index contributed by atoms with van der Waals surface area (Å²) in [4.78, 5) is 0. The summed E-state index contributed by atoms with van der Waals surface area (Å²) in [6.07, 6.45) is -9.85. The summed E-state index contributed by atoms with van der Waals surface area (Å²) in [5.74, 6) is 0. The summed E-state index contributed by atoms with van der Waals surface area (Å²) >= 11 is 0. The molecule has 2 aliphatic heterocycles.